The number of hydrogen-bond acceptors (Lipinski definition) is 6. The van der Waals surface area contributed by atoms with Crippen LogP contribution in [0.5, 0.6) is 0 Å². The third-order valence-electron chi connectivity index (χ3n) is 4.01. The van der Waals surface area contributed by atoms with Crippen LogP contribution >= 0.6 is 0 Å². The molecule has 0 aromatic carbocycles. The molecule has 1 aliphatic carbocycles. The molecule has 0 aromatic heterocycles. The monoisotopic (exact) mass is 346 g/mol. The lowest BCUT2D eigenvalue weighted by atomic mass is 9.88. The third kappa shape index (κ3) is 6.92. The standard InChI is InChI=1S/C14H22N2O8/c17-11(18)5-15(6-12(19)20)9-2-1-3-10(4-9)16(7-13(21)22)8-14(23)24/h9-10H,1-8H2,(H,17,18)(H,19,20)(H,21,22)(H,23,24). The van der Waals surface area contributed by atoms with Crippen molar-refractivity contribution in [1.82, 2.24) is 9.80 Å². The molecule has 0 radical (unpaired) electrons. The second-order valence-corrected chi connectivity index (χ2v) is 5.86. The largest absolute Gasteiger partial charge is 0.480 e. The van der Waals surface area contributed by atoms with Gasteiger partial charge in [0.2, 0.25) is 0 Å². The minimum atomic E-state index is -1.15. The van der Waals surface area contributed by atoms with Crippen molar-refractivity contribution in [3.8, 4) is 0 Å². The Bertz CT molecular complexity index is 421. The number of carboxylic acid groups (broad SMARTS) is 4. The molecule has 24 heavy (non-hydrogen) atoms. The zero-order valence-electron chi connectivity index (χ0n) is 13.1. The molecule has 0 spiro atoms. The van der Waals surface area contributed by atoms with Crippen LogP contribution in [0.2, 0.25) is 0 Å². The molecule has 10 heteroatoms. The fourth-order valence-corrected chi connectivity index (χ4v) is 3.13. The Morgan fingerprint density at radius 3 is 1.21 bits per heavy atom. The maximum Gasteiger partial charge on any atom is 0.317 e. The van der Waals surface area contributed by atoms with Gasteiger partial charge in [-0.3, -0.25) is 29.0 Å². The van der Waals surface area contributed by atoms with Crippen LogP contribution in [-0.2, 0) is 19.2 Å². The quantitative estimate of drug-likeness (QED) is 0.396. The van der Waals surface area contributed by atoms with E-state index >= 15 is 0 Å². The van der Waals surface area contributed by atoms with Gasteiger partial charge < -0.3 is 20.4 Å². The average molecular weight is 346 g/mol. The molecule has 0 bridgehead atoms. The van der Waals surface area contributed by atoms with Crippen molar-refractivity contribution >= 4 is 23.9 Å². The summed E-state index contributed by atoms with van der Waals surface area (Å²) in [6.07, 6.45) is 2.15. The van der Waals surface area contributed by atoms with E-state index in [9.17, 15) is 19.2 Å². The molecule has 10 nitrogen and oxygen atoms in total. The highest BCUT2D eigenvalue weighted by atomic mass is 16.4. The first-order chi connectivity index (χ1) is 11.2. The average Bonchev–Trinajstić information content (AvgIpc) is 2.44. The van der Waals surface area contributed by atoms with Gasteiger partial charge in [0.25, 0.3) is 0 Å². The van der Waals surface area contributed by atoms with E-state index < -0.39 is 50.1 Å². The third-order valence-corrected chi connectivity index (χ3v) is 4.01. The van der Waals surface area contributed by atoms with Gasteiger partial charge in [-0.15, -0.1) is 0 Å². The van der Waals surface area contributed by atoms with Gasteiger partial charge in [-0.25, -0.2) is 0 Å². The molecule has 0 aliphatic heterocycles. The van der Waals surface area contributed by atoms with Crippen molar-refractivity contribution in [3.05, 3.63) is 0 Å². The SMILES string of the molecule is O=C(O)CN(CC(=O)O)C1CCCC(N(CC(=O)O)CC(=O)O)C1. The lowest BCUT2D eigenvalue weighted by molar-refractivity contribution is -0.143. The van der Waals surface area contributed by atoms with E-state index in [0.717, 1.165) is 0 Å². The summed E-state index contributed by atoms with van der Waals surface area (Å²) in [4.78, 5) is 46.4. The van der Waals surface area contributed by atoms with Gasteiger partial charge in [0, 0.05) is 12.1 Å². The van der Waals surface area contributed by atoms with Gasteiger partial charge in [0.05, 0.1) is 26.2 Å². The van der Waals surface area contributed by atoms with Crippen LogP contribution in [0, 0.1) is 0 Å². The van der Waals surface area contributed by atoms with Crippen molar-refractivity contribution in [2.75, 3.05) is 26.2 Å². The van der Waals surface area contributed by atoms with Crippen molar-refractivity contribution < 1.29 is 39.6 Å². The molecule has 136 valence electrons. The number of hydrogen-bond donors (Lipinski definition) is 4. The van der Waals surface area contributed by atoms with E-state index in [0.29, 0.717) is 25.7 Å². The van der Waals surface area contributed by atoms with Gasteiger partial charge in [0.1, 0.15) is 0 Å². The van der Waals surface area contributed by atoms with Crippen molar-refractivity contribution in [2.24, 2.45) is 0 Å². The summed E-state index contributed by atoms with van der Waals surface area (Å²) in [6.45, 7) is -1.72. The van der Waals surface area contributed by atoms with Crippen molar-refractivity contribution in [1.29, 1.82) is 0 Å². The molecule has 1 aliphatic rings. The molecule has 1 rings (SSSR count). The molecule has 0 aromatic rings. The Morgan fingerprint density at radius 1 is 0.667 bits per heavy atom. The Balaban J connectivity index is 2.83. The Morgan fingerprint density at radius 2 is 0.958 bits per heavy atom. The number of rotatable bonds is 10. The summed E-state index contributed by atoms with van der Waals surface area (Å²) in [7, 11) is 0. The molecule has 0 saturated heterocycles. The van der Waals surface area contributed by atoms with Crippen LogP contribution in [0.15, 0.2) is 0 Å². The number of carbonyl (C=O) groups is 4. The number of nitrogens with zero attached hydrogens (tertiary/aromatic N) is 2. The molecular formula is C14H22N2O8. The summed E-state index contributed by atoms with van der Waals surface area (Å²) < 4.78 is 0. The first-order valence-corrected chi connectivity index (χ1v) is 7.54. The normalized spacial score (nSPS) is 20.9. The maximum absolute atomic E-state index is 10.9. The molecule has 2 unspecified atom stereocenters. The highest BCUT2D eigenvalue weighted by molar-refractivity contribution is 5.73. The van der Waals surface area contributed by atoms with Gasteiger partial charge in [-0.1, -0.05) is 6.42 Å². The van der Waals surface area contributed by atoms with Gasteiger partial charge in [-0.2, -0.15) is 0 Å². The van der Waals surface area contributed by atoms with Crippen LogP contribution in [0.25, 0.3) is 0 Å². The van der Waals surface area contributed by atoms with Crippen molar-refractivity contribution in [3.63, 3.8) is 0 Å². The second kappa shape index (κ2) is 9.18. The van der Waals surface area contributed by atoms with E-state index in [4.69, 9.17) is 20.4 Å². The van der Waals surface area contributed by atoms with E-state index in [-0.39, 0.29) is 12.1 Å². The topological polar surface area (TPSA) is 156 Å². The molecular weight excluding hydrogens is 324 g/mol. The Labute approximate surface area is 138 Å². The molecule has 4 N–H and O–H groups in total. The first-order valence-electron chi connectivity index (χ1n) is 7.54. The molecule has 2 atom stereocenters. The molecule has 1 fully saturated rings. The Hall–Kier alpha value is -2.20. The summed E-state index contributed by atoms with van der Waals surface area (Å²) in [5.41, 5.74) is 0. The first kappa shape index (κ1) is 19.8. The van der Waals surface area contributed by atoms with Gasteiger partial charge in [-0.05, 0) is 19.3 Å². The van der Waals surface area contributed by atoms with Crippen LogP contribution in [0.4, 0.5) is 0 Å². The van der Waals surface area contributed by atoms with Gasteiger partial charge >= 0.3 is 23.9 Å². The van der Waals surface area contributed by atoms with E-state index in [1.165, 1.54) is 9.80 Å². The zero-order chi connectivity index (χ0) is 18.3. The molecule has 0 heterocycles. The highest BCUT2D eigenvalue weighted by Gasteiger charge is 2.33. The fourth-order valence-electron chi connectivity index (χ4n) is 3.13. The fraction of sp³-hybridized carbons (Fsp3) is 0.714. The van der Waals surface area contributed by atoms with Crippen LogP contribution in [0.1, 0.15) is 25.7 Å². The lowest BCUT2D eigenvalue weighted by Gasteiger charge is -2.39. The van der Waals surface area contributed by atoms with E-state index in [1.807, 2.05) is 0 Å². The smallest absolute Gasteiger partial charge is 0.317 e. The lowest BCUT2D eigenvalue weighted by Crippen LogP contribution is -2.50. The van der Waals surface area contributed by atoms with Gasteiger partial charge in [0.15, 0.2) is 0 Å². The van der Waals surface area contributed by atoms with E-state index in [1.54, 1.807) is 0 Å². The Kier molecular flexibility index (Phi) is 7.59. The summed E-state index contributed by atoms with van der Waals surface area (Å²) in [6, 6.07) is -0.693. The summed E-state index contributed by atoms with van der Waals surface area (Å²) >= 11 is 0. The minimum Gasteiger partial charge on any atom is -0.480 e. The second-order valence-electron chi connectivity index (χ2n) is 5.86. The summed E-state index contributed by atoms with van der Waals surface area (Å²) in [5.74, 6) is -4.59. The number of aliphatic carboxylic acids is 4. The van der Waals surface area contributed by atoms with E-state index in [2.05, 4.69) is 0 Å². The van der Waals surface area contributed by atoms with Crippen molar-refractivity contribution in [2.45, 2.75) is 37.8 Å². The predicted molar refractivity (Wildman–Crippen MR) is 79.7 cm³/mol. The predicted octanol–water partition coefficient (Wildman–Crippen LogP) is -0.760. The zero-order valence-corrected chi connectivity index (χ0v) is 13.1. The molecule has 1 saturated carbocycles. The highest BCUT2D eigenvalue weighted by Crippen LogP contribution is 2.26. The number of carboxylic acids is 4. The maximum atomic E-state index is 10.9. The van der Waals surface area contributed by atoms with Crippen LogP contribution in [0.3, 0.4) is 0 Å². The minimum absolute atomic E-state index is 0.334. The van der Waals surface area contributed by atoms with Crippen LogP contribution in [-0.4, -0.2) is 92.4 Å². The summed E-state index contributed by atoms with van der Waals surface area (Å²) in [5, 5.41) is 35.8. The van der Waals surface area contributed by atoms with Crippen LogP contribution < -0.4 is 0 Å². The molecule has 0 amide bonds.